The van der Waals surface area contributed by atoms with Crippen LogP contribution in [0.1, 0.15) is 18.2 Å². The van der Waals surface area contributed by atoms with E-state index in [0.29, 0.717) is 0 Å². The molecule has 4 heteroatoms. The second kappa shape index (κ2) is 4.18. The van der Waals surface area contributed by atoms with Gasteiger partial charge in [0.2, 0.25) is 0 Å². The molecule has 1 rings (SSSR count). The molecule has 13 heavy (non-hydrogen) atoms. The van der Waals surface area contributed by atoms with Gasteiger partial charge in [0.15, 0.2) is 11.6 Å². The van der Waals surface area contributed by atoms with Crippen molar-refractivity contribution in [3.63, 3.8) is 0 Å². The summed E-state index contributed by atoms with van der Waals surface area (Å²) in [5.41, 5.74) is 5.10. The quantitative estimate of drug-likeness (QED) is 0.759. The van der Waals surface area contributed by atoms with Gasteiger partial charge in [0.1, 0.15) is 6.17 Å². The summed E-state index contributed by atoms with van der Waals surface area (Å²) in [6.45, 7) is 0.164. The molecular formula is C9H11F2NO. The zero-order chi connectivity index (χ0) is 9.84. The second-order valence-electron chi connectivity index (χ2n) is 2.72. The number of para-hydroxylation sites is 1. The summed E-state index contributed by atoms with van der Waals surface area (Å²) < 4.78 is 25.9. The summed E-state index contributed by atoms with van der Waals surface area (Å²) in [5, 5.41) is 9.14. The standard InChI is InChI=1S/C9H11F2NO/c10-7(4-5-12)6-2-1-3-8(11)9(6)13/h1-3,7,13H,4-5,12H2. The lowest BCUT2D eigenvalue weighted by molar-refractivity contribution is 0.311. The molecule has 0 amide bonds. The first kappa shape index (κ1) is 9.92. The summed E-state index contributed by atoms with van der Waals surface area (Å²) in [7, 11) is 0. The SMILES string of the molecule is NCCC(F)c1cccc(F)c1O. The number of hydrogen-bond acceptors (Lipinski definition) is 2. The lowest BCUT2D eigenvalue weighted by Crippen LogP contribution is -2.04. The fourth-order valence-corrected chi connectivity index (χ4v) is 1.09. The fourth-order valence-electron chi connectivity index (χ4n) is 1.09. The molecule has 0 aliphatic heterocycles. The normalized spacial score (nSPS) is 12.8. The number of rotatable bonds is 3. The van der Waals surface area contributed by atoms with Crippen molar-refractivity contribution in [2.75, 3.05) is 6.54 Å². The highest BCUT2D eigenvalue weighted by Gasteiger charge is 2.15. The number of halogens is 2. The van der Waals surface area contributed by atoms with Crippen LogP contribution >= 0.6 is 0 Å². The lowest BCUT2D eigenvalue weighted by atomic mass is 10.1. The molecule has 0 aromatic heterocycles. The van der Waals surface area contributed by atoms with Gasteiger partial charge >= 0.3 is 0 Å². The Labute approximate surface area is 75.0 Å². The fraction of sp³-hybridized carbons (Fsp3) is 0.333. The molecule has 0 aliphatic rings. The van der Waals surface area contributed by atoms with E-state index in [4.69, 9.17) is 10.8 Å². The van der Waals surface area contributed by atoms with Gasteiger partial charge in [-0.2, -0.15) is 0 Å². The molecule has 1 unspecified atom stereocenters. The first-order chi connectivity index (χ1) is 6.16. The maximum atomic E-state index is 13.2. The van der Waals surface area contributed by atoms with E-state index < -0.39 is 17.7 Å². The Morgan fingerprint density at radius 2 is 2.15 bits per heavy atom. The van der Waals surface area contributed by atoms with Gasteiger partial charge in [0.25, 0.3) is 0 Å². The molecule has 1 atom stereocenters. The smallest absolute Gasteiger partial charge is 0.165 e. The minimum atomic E-state index is -1.40. The molecule has 0 spiro atoms. The van der Waals surface area contributed by atoms with Crippen molar-refractivity contribution >= 4 is 0 Å². The monoisotopic (exact) mass is 187 g/mol. The summed E-state index contributed by atoms with van der Waals surface area (Å²) in [4.78, 5) is 0. The van der Waals surface area contributed by atoms with Crippen LogP contribution in [0.5, 0.6) is 5.75 Å². The molecule has 0 aliphatic carbocycles. The number of nitrogens with two attached hydrogens (primary N) is 1. The van der Waals surface area contributed by atoms with Crippen LogP contribution in [0.2, 0.25) is 0 Å². The average Bonchev–Trinajstić information content (AvgIpc) is 2.10. The van der Waals surface area contributed by atoms with E-state index in [1.165, 1.54) is 12.1 Å². The Kier molecular flexibility index (Phi) is 3.19. The zero-order valence-electron chi connectivity index (χ0n) is 7.00. The minimum absolute atomic E-state index is 0.0366. The number of alkyl halides is 1. The van der Waals surface area contributed by atoms with E-state index in [1.807, 2.05) is 0 Å². The third-order valence-corrected chi connectivity index (χ3v) is 1.78. The molecule has 72 valence electrons. The van der Waals surface area contributed by atoms with Crippen molar-refractivity contribution in [2.45, 2.75) is 12.6 Å². The molecule has 0 saturated carbocycles. The molecule has 0 saturated heterocycles. The number of phenols is 1. The third-order valence-electron chi connectivity index (χ3n) is 1.78. The van der Waals surface area contributed by atoms with Crippen LogP contribution in [0, 0.1) is 5.82 Å². The van der Waals surface area contributed by atoms with Crippen molar-refractivity contribution in [3.05, 3.63) is 29.6 Å². The van der Waals surface area contributed by atoms with Gasteiger partial charge in [-0.25, -0.2) is 8.78 Å². The van der Waals surface area contributed by atoms with Crippen molar-refractivity contribution in [1.29, 1.82) is 0 Å². The number of hydrogen-bond donors (Lipinski definition) is 2. The van der Waals surface area contributed by atoms with E-state index in [0.717, 1.165) is 6.07 Å². The summed E-state index contributed by atoms with van der Waals surface area (Å²) in [5.74, 6) is -1.43. The van der Waals surface area contributed by atoms with E-state index in [1.54, 1.807) is 0 Å². The largest absolute Gasteiger partial charge is 0.505 e. The van der Waals surface area contributed by atoms with Crippen LogP contribution in [0.25, 0.3) is 0 Å². The topological polar surface area (TPSA) is 46.2 Å². The van der Waals surface area contributed by atoms with E-state index in [2.05, 4.69) is 0 Å². The minimum Gasteiger partial charge on any atom is -0.505 e. The predicted octanol–water partition coefficient (Wildman–Crippen LogP) is 1.89. The van der Waals surface area contributed by atoms with Crippen LogP contribution < -0.4 is 5.73 Å². The van der Waals surface area contributed by atoms with Crippen LogP contribution in [0.3, 0.4) is 0 Å². The van der Waals surface area contributed by atoms with Gasteiger partial charge in [-0.15, -0.1) is 0 Å². The Bertz CT molecular complexity index is 291. The first-order valence-electron chi connectivity index (χ1n) is 3.98. The molecule has 1 aromatic carbocycles. The Hall–Kier alpha value is -1.16. The zero-order valence-corrected chi connectivity index (χ0v) is 7.00. The van der Waals surface area contributed by atoms with Gasteiger partial charge in [0.05, 0.1) is 0 Å². The van der Waals surface area contributed by atoms with Gasteiger partial charge in [-0.3, -0.25) is 0 Å². The van der Waals surface area contributed by atoms with Crippen LogP contribution in [-0.2, 0) is 0 Å². The lowest BCUT2D eigenvalue weighted by Gasteiger charge is -2.08. The number of benzene rings is 1. The second-order valence-corrected chi connectivity index (χ2v) is 2.72. The number of phenolic OH excluding ortho intramolecular Hbond substituents is 1. The maximum Gasteiger partial charge on any atom is 0.165 e. The van der Waals surface area contributed by atoms with Crippen LogP contribution in [-0.4, -0.2) is 11.7 Å². The highest BCUT2D eigenvalue weighted by Crippen LogP contribution is 2.30. The molecule has 0 fully saturated rings. The highest BCUT2D eigenvalue weighted by atomic mass is 19.1. The van der Waals surface area contributed by atoms with E-state index >= 15 is 0 Å². The van der Waals surface area contributed by atoms with Crippen LogP contribution in [0.4, 0.5) is 8.78 Å². The highest BCUT2D eigenvalue weighted by molar-refractivity contribution is 5.35. The molecule has 1 aromatic rings. The summed E-state index contributed by atoms with van der Waals surface area (Å²) in [6.07, 6.45) is -1.32. The Morgan fingerprint density at radius 1 is 1.46 bits per heavy atom. The van der Waals surface area contributed by atoms with Gasteiger partial charge in [-0.05, 0) is 19.0 Å². The van der Waals surface area contributed by atoms with Crippen molar-refractivity contribution in [2.24, 2.45) is 5.73 Å². The third kappa shape index (κ3) is 2.15. The molecule has 0 radical (unpaired) electrons. The predicted molar refractivity (Wildman–Crippen MR) is 45.6 cm³/mol. The van der Waals surface area contributed by atoms with Crippen molar-refractivity contribution < 1.29 is 13.9 Å². The Balaban J connectivity index is 2.93. The van der Waals surface area contributed by atoms with E-state index in [-0.39, 0.29) is 18.5 Å². The first-order valence-corrected chi connectivity index (χ1v) is 3.98. The maximum absolute atomic E-state index is 13.2. The molecule has 0 heterocycles. The van der Waals surface area contributed by atoms with Crippen LogP contribution in [0.15, 0.2) is 18.2 Å². The summed E-state index contributed by atoms with van der Waals surface area (Å²) >= 11 is 0. The van der Waals surface area contributed by atoms with Gasteiger partial charge in [-0.1, -0.05) is 12.1 Å². The van der Waals surface area contributed by atoms with Gasteiger partial charge < -0.3 is 10.8 Å². The molecule has 3 N–H and O–H groups in total. The average molecular weight is 187 g/mol. The summed E-state index contributed by atoms with van der Waals surface area (Å²) in [6, 6.07) is 3.78. The molecular weight excluding hydrogens is 176 g/mol. The molecule has 0 bridgehead atoms. The van der Waals surface area contributed by atoms with Crippen molar-refractivity contribution in [1.82, 2.24) is 0 Å². The van der Waals surface area contributed by atoms with Crippen molar-refractivity contribution in [3.8, 4) is 5.75 Å². The number of aromatic hydroxyl groups is 1. The molecule has 2 nitrogen and oxygen atoms in total. The van der Waals surface area contributed by atoms with E-state index in [9.17, 15) is 8.78 Å². The van der Waals surface area contributed by atoms with Gasteiger partial charge in [0, 0.05) is 5.56 Å². The Morgan fingerprint density at radius 3 is 2.77 bits per heavy atom.